The quantitative estimate of drug-likeness (QED) is 0.0261. The first kappa shape index (κ1) is 68.6. The third-order valence-electron chi connectivity index (χ3n) is 12.1. The third kappa shape index (κ3) is 58.3. The molecule has 0 aliphatic rings. The average Bonchev–Trinajstić information content (AvgIpc) is 3.39. The maximum absolute atomic E-state index is 12.8. The van der Waals surface area contributed by atoms with Crippen LogP contribution in [0.1, 0.15) is 252 Å². The molecule has 0 bridgehead atoms. The van der Waals surface area contributed by atoms with Crippen molar-refractivity contribution in [2.24, 2.45) is 0 Å². The molecule has 0 amide bonds. The molecule has 0 aliphatic heterocycles. The van der Waals surface area contributed by atoms with Gasteiger partial charge in [0.05, 0.1) is 0 Å². The van der Waals surface area contributed by atoms with E-state index in [0.29, 0.717) is 19.3 Å². The van der Waals surface area contributed by atoms with E-state index in [1.54, 1.807) is 0 Å². The lowest BCUT2D eigenvalue weighted by molar-refractivity contribution is -0.167. The van der Waals surface area contributed by atoms with E-state index in [1.807, 2.05) is 0 Å². The van der Waals surface area contributed by atoms with Crippen LogP contribution in [0.25, 0.3) is 0 Å². The highest BCUT2D eigenvalue weighted by atomic mass is 16.6. The summed E-state index contributed by atoms with van der Waals surface area (Å²) in [4.78, 5) is 38.1. The summed E-state index contributed by atoms with van der Waals surface area (Å²) in [6.07, 6.45) is 84.6. The van der Waals surface area contributed by atoms with Gasteiger partial charge in [-0.15, -0.1) is 0 Å². The van der Waals surface area contributed by atoms with Crippen molar-refractivity contribution in [3.05, 3.63) is 134 Å². The Kier molecular flexibility index (Phi) is 56.4. The number of ether oxygens (including phenoxy) is 3. The van der Waals surface area contributed by atoms with Crippen LogP contribution in [0.2, 0.25) is 0 Å². The second-order valence-electron chi connectivity index (χ2n) is 19.2. The lowest BCUT2D eigenvalue weighted by atomic mass is 10.1. The fourth-order valence-corrected chi connectivity index (χ4v) is 7.71. The molecule has 73 heavy (non-hydrogen) atoms. The lowest BCUT2D eigenvalue weighted by Gasteiger charge is -2.18. The zero-order chi connectivity index (χ0) is 52.9. The molecule has 6 nitrogen and oxygen atoms in total. The third-order valence-corrected chi connectivity index (χ3v) is 12.1. The van der Waals surface area contributed by atoms with Gasteiger partial charge in [0, 0.05) is 19.3 Å². The number of unbranched alkanes of at least 4 members (excludes halogenated alkanes) is 19. The largest absolute Gasteiger partial charge is 0.462 e. The molecule has 0 saturated heterocycles. The Morgan fingerprint density at radius 3 is 0.904 bits per heavy atom. The summed E-state index contributed by atoms with van der Waals surface area (Å²) in [6.45, 7) is 6.43. The highest BCUT2D eigenvalue weighted by Gasteiger charge is 2.19. The van der Waals surface area contributed by atoms with E-state index in [2.05, 4.69) is 154 Å². The molecule has 0 aliphatic carbocycles. The number of allylic oxidation sites excluding steroid dienone is 22. The summed E-state index contributed by atoms with van der Waals surface area (Å²) >= 11 is 0. The van der Waals surface area contributed by atoms with Crippen molar-refractivity contribution in [3.8, 4) is 0 Å². The molecule has 0 spiro atoms. The van der Waals surface area contributed by atoms with Crippen molar-refractivity contribution >= 4 is 17.9 Å². The topological polar surface area (TPSA) is 78.9 Å². The van der Waals surface area contributed by atoms with E-state index in [9.17, 15) is 14.4 Å². The first-order valence-electron chi connectivity index (χ1n) is 29.7. The van der Waals surface area contributed by atoms with Crippen LogP contribution in [0.3, 0.4) is 0 Å². The van der Waals surface area contributed by atoms with Gasteiger partial charge in [0.2, 0.25) is 0 Å². The summed E-state index contributed by atoms with van der Waals surface area (Å²) < 4.78 is 16.8. The first-order valence-corrected chi connectivity index (χ1v) is 29.7. The molecule has 0 fully saturated rings. The van der Waals surface area contributed by atoms with Crippen LogP contribution >= 0.6 is 0 Å². The van der Waals surface area contributed by atoms with E-state index in [4.69, 9.17) is 14.2 Å². The van der Waals surface area contributed by atoms with Crippen molar-refractivity contribution in [2.45, 2.75) is 258 Å². The average molecular weight is 1010 g/mol. The van der Waals surface area contributed by atoms with E-state index < -0.39 is 6.10 Å². The highest BCUT2D eigenvalue weighted by Crippen LogP contribution is 2.14. The number of carbonyl (C=O) groups is 3. The van der Waals surface area contributed by atoms with Crippen LogP contribution in [0.15, 0.2) is 134 Å². The van der Waals surface area contributed by atoms with Crippen LogP contribution in [-0.2, 0) is 28.6 Å². The SMILES string of the molecule is CC/C=C\C/C=C\C/C=C\C/C=C\C/C=C\C/C=C\C/C=C\C/C=C\C/C=C\CCCC(=O)OCC(COC(=O)CCCCCCCCCCCC)OC(=O)CCCCCCC/C=C\C/C=C\CCCCCC. The van der Waals surface area contributed by atoms with Crippen molar-refractivity contribution in [3.63, 3.8) is 0 Å². The molecule has 1 atom stereocenters. The fourth-order valence-electron chi connectivity index (χ4n) is 7.71. The molecule has 0 rings (SSSR count). The van der Waals surface area contributed by atoms with Gasteiger partial charge in [-0.1, -0.05) is 251 Å². The zero-order valence-electron chi connectivity index (χ0n) is 47.1. The minimum absolute atomic E-state index is 0.104. The van der Waals surface area contributed by atoms with Gasteiger partial charge in [0.25, 0.3) is 0 Å². The van der Waals surface area contributed by atoms with Gasteiger partial charge in [-0.25, -0.2) is 0 Å². The molecule has 0 N–H and O–H groups in total. The highest BCUT2D eigenvalue weighted by molar-refractivity contribution is 5.71. The van der Waals surface area contributed by atoms with Crippen molar-refractivity contribution in [1.29, 1.82) is 0 Å². The van der Waals surface area contributed by atoms with Crippen LogP contribution in [0, 0.1) is 0 Å². The molecule has 0 aromatic heterocycles. The normalized spacial score (nSPS) is 13.1. The Morgan fingerprint density at radius 2 is 0.548 bits per heavy atom. The molecular weight excluding hydrogens is 901 g/mol. The van der Waals surface area contributed by atoms with Crippen LogP contribution in [0.5, 0.6) is 0 Å². The molecule has 0 aromatic carbocycles. The lowest BCUT2D eigenvalue weighted by Crippen LogP contribution is -2.30. The minimum Gasteiger partial charge on any atom is -0.462 e. The maximum atomic E-state index is 12.8. The zero-order valence-corrected chi connectivity index (χ0v) is 47.1. The second-order valence-corrected chi connectivity index (χ2v) is 19.2. The van der Waals surface area contributed by atoms with Crippen molar-refractivity contribution in [2.75, 3.05) is 13.2 Å². The molecule has 1 unspecified atom stereocenters. The Morgan fingerprint density at radius 1 is 0.288 bits per heavy atom. The Balaban J connectivity index is 4.41. The second kappa shape index (κ2) is 60.1. The van der Waals surface area contributed by atoms with Gasteiger partial charge >= 0.3 is 17.9 Å². The van der Waals surface area contributed by atoms with Crippen LogP contribution in [0.4, 0.5) is 0 Å². The Labute approximate surface area is 449 Å². The summed E-state index contributed by atoms with van der Waals surface area (Å²) in [5.74, 6) is -0.985. The number of rotatable bonds is 52. The standard InChI is InChI=1S/C67H108O6/c1-4-7-10-13-16-19-22-24-26-28-29-30-31-32-33-34-35-36-37-38-39-40-42-43-45-48-51-54-57-60-66(69)72-63-64(62-71-65(68)59-56-53-50-47-21-18-15-12-9-6-3)73-67(70)61-58-55-52-49-46-44-41-27-25-23-20-17-14-11-8-5-2/h7,10,16,19-20,23-24,26-27,29-30,32-33,35-36,38-39,41-43,48,51,64H,4-6,8-9,11-15,17-18,21-22,25,28,31,34,37,40,44-47,49-50,52-63H2,1-3H3/b10-7-,19-16-,23-20-,26-24-,30-29-,33-32-,36-35-,39-38-,41-27-,43-42-,51-48-. The Hall–Kier alpha value is -4.45. The van der Waals surface area contributed by atoms with Crippen molar-refractivity contribution in [1.82, 2.24) is 0 Å². The van der Waals surface area contributed by atoms with Crippen LogP contribution < -0.4 is 0 Å². The molecule has 0 saturated carbocycles. The summed E-state index contributed by atoms with van der Waals surface area (Å²) in [7, 11) is 0. The summed E-state index contributed by atoms with van der Waals surface area (Å²) in [5, 5.41) is 0. The van der Waals surface area contributed by atoms with E-state index >= 15 is 0 Å². The number of hydrogen-bond acceptors (Lipinski definition) is 6. The fraction of sp³-hybridized carbons (Fsp3) is 0.627. The number of esters is 3. The van der Waals surface area contributed by atoms with E-state index in [1.165, 1.54) is 77.0 Å². The predicted molar refractivity (Wildman–Crippen MR) is 316 cm³/mol. The maximum Gasteiger partial charge on any atom is 0.306 e. The smallest absolute Gasteiger partial charge is 0.306 e. The van der Waals surface area contributed by atoms with Gasteiger partial charge in [-0.05, 0) is 116 Å². The molecular formula is C67H108O6. The van der Waals surface area contributed by atoms with Gasteiger partial charge in [-0.2, -0.15) is 0 Å². The summed E-state index contributed by atoms with van der Waals surface area (Å²) in [6, 6.07) is 0. The van der Waals surface area contributed by atoms with Gasteiger partial charge in [-0.3, -0.25) is 14.4 Å². The van der Waals surface area contributed by atoms with E-state index in [0.717, 1.165) is 128 Å². The summed E-state index contributed by atoms with van der Waals surface area (Å²) in [5.41, 5.74) is 0. The number of carbonyl (C=O) groups excluding carboxylic acids is 3. The molecule has 0 radical (unpaired) electrons. The molecule has 0 aromatic rings. The van der Waals surface area contributed by atoms with Gasteiger partial charge < -0.3 is 14.2 Å². The van der Waals surface area contributed by atoms with E-state index in [-0.39, 0.29) is 37.5 Å². The predicted octanol–water partition coefficient (Wildman–Crippen LogP) is 20.2. The Bertz CT molecular complexity index is 1580. The van der Waals surface area contributed by atoms with Crippen LogP contribution in [-0.4, -0.2) is 37.2 Å². The minimum atomic E-state index is -0.811. The van der Waals surface area contributed by atoms with Gasteiger partial charge in [0.1, 0.15) is 13.2 Å². The molecule has 0 heterocycles. The van der Waals surface area contributed by atoms with Crippen molar-refractivity contribution < 1.29 is 28.6 Å². The molecule has 412 valence electrons. The molecule has 6 heteroatoms. The monoisotopic (exact) mass is 1010 g/mol. The van der Waals surface area contributed by atoms with Gasteiger partial charge in [0.15, 0.2) is 6.10 Å². The first-order chi connectivity index (χ1) is 36.0. The number of hydrogen-bond donors (Lipinski definition) is 0.